The SMILES string of the molecule is Cc1ccc([C@H]2N[C@@H](C(C)(C)C)CO2)cc1. The highest BCUT2D eigenvalue weighted by Crippen LogP contribution is 2.29. The number of aryl methyl sites for hydroxylation is 1. The van der Waals surface area contributed by atoms with E-state index in [0.717, 1.165) is 6.61 Å². The monoisotopic (exact) mass is 219 g/mol. The third-order valence-corrected chi connectivity index (χ3v) is 3.21. The summed E-state index contributed by atoms with van der Waals surface area (Å²) in [7, 11) is 0. The quantitative estimate of drug-likeness (QED) is 0.784. The first-order chi connectivity index (χ1) is 7.47. The van der Waals surface area contributed by atoms with Gasteiger partial charge in [-0.15, -0.1) is 0 Å². The standard InChI is InChI=1S/C14H21NO/c1-10-5-7-11(8-6-10)13-15-12(9-16-13)14(2,3)4/h5-8,12-13,15H,9H2,1-4H3/t12-,13+/m1/s1. The van der Waals surface area contributed by atoms with Crippen molar-refractivity contribution >= 4 is 0 Å². The zero-order valence-electron chi connectivity index (χ0n) is 10.6. The minimum Gasteiger partial charge on any atom is -0.357 e. The van der Waals surface area contributed by atoms with Gasteiger partial charge in [-0.1, -0.05) is 50.6 Å². The third kappa shape index (κ3) is 2.45. The predicted molar refractivity (Wildman–Crippen MR) is 66.3 cm³/mol. The van der Waals surface area contributed by atoms with Gasteiger partial charge in [0.05, 0.1) is 6.61 Å². The molecule has 1 fully saturated rings. The van der Waals surface area contributed by atoms with Crippen molar-refractivity contribution in [3.63, 3.8) is 0 Å². The Morgan fingerprint density at radius 1 is 1.19 bits per heavy atom. The highest BCUT2D eigenvalue weighted by Gasteiger charge is 2.33. The number of nitrogens with one attached hydrogen (secondary N) is 1. The molecule has 88 valence electrons. The molecule has 1 aromatic rings. The fraction of sp³-hybridized carbons (Fsp3) is 0.571. The van der Waals surface area contributed by atoms with Crippen molar-refractivity contribution in [3.8, 4) is 0 Å². The van der Waals surface area contributed by atoms with Crippen LogP contribution in [0.3, 0.4) is 0 Å². The van der Waals surface area contributed by atoms with Crippen molar-refractivity contribution in [1.29, 1.82) is 0 Å². The van der Waals surface area contributed by atoms with Crippen LogP contribution >= 0.6 is 0 Å². The smallest absolute Gasteiger partial charge is 0.134 e. The molecule has 0 unspecified atom stereocenters. The Balaban J connectivity index is 2.06. The van der Waals surface area contributed by atoms with Crippen LogP contribution < -0.4 is 5.32 Å². The first kappa shape index (κ1) is 11.6. The highest BCUT2D eigenvalue weighted by molar-refractivity contribution is 5.23. The summed E-state index contributed by atoms with van der Waals surface area (Å²) in [6.45, 7) is 9.62. The summed E-state index contributed by atoms with van der Waals surface area (Å²) in [4.78, 5) is 0. The van der Waals surface area contributed by atoms with Crippen molar-refractivity contribution in [1.82, 2.24) is 5.32 Å². The minimum atomic E-state index is 0.0600. The molecule has 0 radical (unpaired) electrons. The molecule has 2 heteroatoms. The van der Waals surface area contributed by atoms with E-state index in [0.29, 0.717) is 6.04 Å². The van der Waals surface area contributed by atoms with E-state index in [9.17, 15) is 0 Å². The van der Waals surface area contributed by atoms with E-state index in [-0.39, 0.29) is 11.6 Å². The molecule has 16 heavy (non-hydrogen) atoms. The lowest BCUT2D eigenvalue weighted by atomic mass is 9.87. The number of rotatable bonds is 1. The molecule has 2 atom stereocenters. The molecule has 1 aliphatic heterocycles. The lowest BCUT2D eigenvalue weighted by Crippen LogP contribution is -2.37. The molecule has 0 amide bonds. The Bertz CT molecular complexity index is 350. The van der Waals surface area contributed by atoms with Gasteiger partial charge in [0.2, 0.25) is 0 Å². The summed E-state index contributed by atoms with van der Waals surface area (Å²) in [5.41, 5.74) is 2.76. The molecule has 0 saturated carbocycles. The van der Waals surface area contributed by atoms with Crippen LogP contribution in [0.15, 0.2) is 24.3 Å². The van der Waals surface area contributed by atoms with Crippen LogP contribution in [-0.4, -0.2) is 12.6 Å². The van der Waals surface area contributed by atoms with Crippen molar-refractivity contribution < 1.29 is 4.74 Å². The van der Waals surface area contributed by atoms with E-state index < -0.39 is 0 Å². The van der Waals surface area contributed by atoms with Gasteiger partial charge in [0, 0.05) is 6.04 Å². The Labute approximate surface area is 98.0 Å². The molecule has 0 aromatic heterocycles. The molecule has 1 aromatic carbocycles. The van der Waals surface area contributed by atoms with E-state index >= 15 is 0 Å². The molecule has 2 nitrogen and oxygen atoms in total. The fourth-order valence-corrected chi connectivity index (χ4v) is 1.91. The Hall–Kier alpha value is -0.860. The summed E-state index contributed by atoms with van der Waals surface area (Å²) in [5.74, 6) is 0. The van der Waals surface area contributed by atoms with E-state index in [1.165, 1.54) is 11.1 Å². The van der Waals surface area contributed by atoms with Gasteiger partial charge in [-0.05, 0) is 17.9 Å². The lowest BCUT2D eigenvalue weighted by molar-refractivity contribution is 0.0982. The van der Waals surface area contributed by atoms with Crippen molar-refractivity contribution in [2.45, 2.75) is 40.0 Å². The zero-order chi connectivity index (χ0) is 11.8. The molecule has 1 aliphatic rings. The predicted octanol–water partition coefficient (Wildman–Crippen LogP) is 3.03. The highest BCUT2D eigenvalue weighted by atomic mass is 16.5. The van der Waals surface area contributed by atoms with Gasteiger partial charge in [0.15, 0.2) is 0 Å². The average Bonchev–Trinajstić information content (AvgIpc) is 2.67. The average molecular weight is 219 g/mol. The topological polar surface area (TPSA) is 21.3 Å². The number of ether oxygens (including phenoxy) is 1. The third-order valence-electron chi connectivity index (χ3n) is 3.21. The summed E-state index contributed by atoms with van der Waals surface area (Å²) in [6.07, 6.45) is 0.0600. The van der Waals surface area contributed by atoms with E-state index in [1.54, 1.807) is 0 Å². The van der Waals surface area contributed by atoms with Gasteiger partial charge in [-0.3, -0.25) is 5.32 Å². The van der Waals surface area contributed by atoms with Crippen LogP contribution in [0.25, 0.3) is 0 Å². The summed E-state index contributed by atoms with van der Waals surface area (Å²) >= 11 is 0. The van der Waals surface area contributed by atoms with E-state index in [2.05, 4.69) is 57.3 Å². The molecule has 1 heterocycles. The Morgan fingerprint density at radius 3 is 2.31 bits per heavy atom. The van der Waals surface area contributed by atoms with Gasteiger partial charge in [0.25, 0.3) is 0 Å². The van der Waals surface area contributed by atoms with Crippen LogP contribution in [0.5, 0.6) is 0 Å². The van der Waals surface area contributed by atoms with Crippen LogP contribution in [0.2, 0.25) is 0 Å². The number of benzene rings is 1. The van der Waals surface area contributed by atoms with Crippen molar-refractivity contribution in [2.24, 2.45) is 5.41 Å². The largest absolute Gasteiger partial charge is 0.357 e. The van der Waals surface area contributed by atoms with Crippen molar-refractivity contribution in [2.75, 3.05) is 6.61 Å². The lowest BCUT2D eigenvalue weighted by Gasteiger charge is -2.26. The molecule has 0 bridgehead atoms. The number of hydrogen-bond acceptors (Lipinski definition) is 2. The molecule has 0 spiro atoms. The number of hydrogen-bond donors (Lipinski definition) is 1. The van der Waals surface area contributed by atoms with Gasteiger partial charge < -0.3 is 4.74 Å². The maximum atomic E-state index is 5.81. The molecular weight excluding hydrogens is 198 g/mol. The fourth-order valence-electron chi connectivity index (χ4n) is 1.91. The van der Waals surface area contributed by atoms with Crippen LogP contribution in [0.1, 0.15) is 38.1 Å². The van der Waals surface area contributed by atoms with Gasteiger partial charge >= 0.3 is 0 Å². The van der Waals surface area contributed by atoms with E-state index in [1.807, 2.05) is 0 Å². The van der Waals surface area contributed by atoms with Crippen LogP contribution in [0.4, 0.5) is 0 Å². The summed E-state index contributed by atoms with van der Waals surface area (Å²) in [5, 5.41) is 3.54. The normalized spacial score (nSPS) is 26.0. The maximum absolute atomic E-state index is 5.81. The van der Waals surface area contributed by atoms with Crippen LogP contribution in [0, 0.1) is 12.3 Å². The molecule has 2 rings (SSSR count). The van der Waals surface area contributed by atoms with Crippen LogP contribution in [-0.2, 0) is 4.74 Å². The Morgan fingerprint density at radius 2 is 1.81 bits per heavy atom. The second kappa shape index (κ2) is 4.19. The molecule has 1 N–H and O–H groups in total. The Kier molecular flexibility index (Phi) is 3.04. The first-order valence-corrected chi connectivity index (χ1v) is 5.91. The summed E-state index contributed by atoms with van der Waals surface area (Å²) in [6, 6.07) is 8.96. The molecular formula is C14H21NO. The first-order valence-electron chi connectivity index (χ1n) is 5.91. The second-order valence-electron chi connectivity index (χ2n) is 5.71. The maximum Gasteiger partial charge on any atom is 0.134 e. The summed E-state index contributed by atoms with van der Waals surface area (Å²) < 4.78 is 5.81. The zero-order valence-corrected chi connectivity index (χ0v) is 10.6. The van der Waals surface area contributed by atoms with Gasteiger partial charge in [0.1, 0.15) is 6.23 Å². The van der Waals surface area contributed by atoms with Gasteiger partial charge in [-0.2, -0.15) is 0 Å². The van der Waals surface area contributed by atoms with Crippen molar-refractivity contribution in [3.05, 3.63) is 35.4 Å². The van der Waals surface area contributed by atoms with Gasteiger partial charge in [-0.25, -0.2) is 0 Å². The minimum absolute atomic E-state index is 0.0600. The van der Waals surface area contributed by atoms with E-state index in [4.69, 9.17) is 4.74 Å². The molecule has 1 saturated heterocycles. The molecule has 0 aliphatic carbocycles. The second-order valence-corrected chi connectivity index (χ2v) is 5.71.